The molecule has 3 heteroatoms. The summed E-state index contributed by atoms with van der Waals surface area (Å²) in [6, 6.07) is 0. The summed E-state index contributed by atoms with van der Waals surface area (Å²) >= 11 is 0. The molecule has 78 valence electrons. The molecule has 0 aromatic carbocycles. The van der Waals surface area contributed by atoms with Crippen LogP contribution in [0, 0.1) is 11.8 Å². The molecule has 0 aliphatic carbocycles. The summed E-state index contributed by atoms with van der Waals surface area (Å²) in [5.41, 5.74) is 0. The highest BCUT2D eigenvalue weighted by Crippen LogP contribution is 2.26. The number of amides is 1. The van der Waals surface area contributed by atoms with Crippen LogP contribution in [0.1, 0.15) is 12.8 Å². The van der Waals surface area contributed by atoms with Crippen LogP contribution in [0.25, 0.3) is 0 Å². The van der Waals surface area contributed by atoms with Crippen LogP contribution in [0.4, 0.5) is 0 Å². The molecule has 3 nitrogen and oxygen atoms in total. The van der Waals surface area contributed by atoms with Gasteiger partial charge < -0.3 is 10.2 Å². The lowest BCUT2D eigenvalue weighted by Gasteiger charge is -2.16. The van der Waals surface area contributed by atoms with E-state index < -0.39 is 0 Å². The summed E-state index contributed by atoms with van der Waals surface area (Å²) in [5.74, 6) is 1.73. The standard InChI is InChI=1S/C11H18N2O/c1-2-3-4-11(14)13-7-9-5-12-6-10(9)8-13/h2,9-10,12H,1,3-8H2. The third kappa shape index (κ3) is 1.82. The molecular formula is C11H18N2O. The second-order valence-corrected chi connectivity index (χ2v) is 4.30. The highest BCUT2D eigenvalue weighted by atomic mass is 16.2. The van der Waals surface area contributed by atoms with E-state index in [-0.39, 0.29) is 0 Å². The Morgan fingerprint density at radius 3 is 2.64 bits per heavy atom. The highest BCUT2D eigenvalue weighted by molar-refractivity contribution is 5.76. The number of hydrogen-bond donors (Lipinski definition) is 1. The number of likely N-dealkylation sites (tertiary alicyclic amines) is 1. The lowest BCUT2D eigenvalue weighted by Crippen LogP contribution is -2.31. The van der Waals surface area contributed by atoms with Gasteiger partial charge in [-0.25, -0.2) is 0 Å². The molecule has 0 spiro atoms. The lowest BCUT2D eigenvalue weighted by molar-refractivity contribution is -0.130. The molecule has 2 atom stereocenters. The number of nitrogens with one attached hydrogen (secondary N) is 1. The molecular weight excluding hydrogens is 176 g/mol. The van der Waals surface area contributed by atoms with E-state index in [0.29, 0.717) is 24.2 Å². The number of fused-ring (bicyclic) bond motifs is 1. The van der Waals surface area contributed by atoms with Gasteiger partial charge >= 0.3 is 0 Å². The van der Waals surface area contributed by atoms with E-state index in [2.05, 4.69) is 11.9 Å². The van der Waals surface area contributed by atoms with Crippen molar-refractivity contribution in [2.45, 2.75) is 12.8 Å². The van der Waals surface area contributed by atoms with Crippen molar-refractivity contribution in [3.05, 3.63) is 12.7 Å². The summed E-state index contributed by atoms with van der Waals surface area (Å²) in [5, 5.41) is 3.37. The minimum absolute atomic E-state index is 0.305. The molecule has 2 aliphatic rings. The number of carbonyl (C=O) groups excluding carboxylic acids is 1. The van der Waals surface area contributed by atoms with Gasteiger partial charge in [-0.3, -0.25) is 4.79 Å². The largest absolute Gasteiger partial charge is 0.342 e. The second-order valence-electron chi connectivity index (χ2n) is 4.30. The summed E-state index contributed by atoms with van der Waals surface area (Å²) in [6.45, 7) is 7.75. The molecule has 0 bridgehead atoms. The van der Waals surface area contributed by atoms with Gasteiger partial charge in [-0.15, -0.1) is 6.58 Å². The molecule has 14 heavy (non-hydrogen) atoms. The normalized spacial score (nSPS) is 30.4. The molecule has 0 saturated carbocycles. The smallest absolute Gasteiger partial charge is 0.222 e. The molecule has 0 aromatic heterocycles. The van der Waals surface area contributed by atoms with Crippen LogP contribution >= 0.6 is 0 Å². The summed E-state index contributed by atoms with van der Waals surface area (Å²) in [7, 11) is 0. The summed E-state index contributed by atoms with van der Waals surface area (Å²) in [4.78, 5) is 13.7. The molecule has 2 unspecified atom stereocenters. The monoisotopic (exact) mass is 194 g/mol. The molecule has 2 fully saturated rings. The van der Waals surface area contributed by atoms with Gasteiger partial charge in [-0.2, -0.15) is 0 Å². The SMILES string of the molecule is C=CCCC(=O)N1CC2CNCC2C1. The molecule has 2 heterocycles. The maximum Gasteiger partial charge on any atom is 0.222 e. The summed E-state index contributed by atoms with van der Waals surface area (Å²) in [6.07, 6.45) is 3.26. The first kappa shape index (κ1) is 9.71. The van der Waals surface area contributed by atoms with Crippen molar-refractivity contribution >= 4 is 5.91 Å². The average Bonchev–Trinajstić information content (AvgIpc) is 2.72. The second kappa shape index (κ2) is 4.13. The van der Waals surface area contributed by atoms with Gasteiger partial charge in [-0.1, -0.05) is 6.08 Å². The quantitative estimate of drug-likeness (QED) is 0.668. The topological polar surface area (TPSA) is 32.3 Å². The fraction of sp³-hybridized carbons (Fsp3) is 0.727. The Morgan fingerprint density at radius 2 is 2.07 bits per heavy atom. The van der Waals surface area contributed by atoms with Gasteiger partial charge in [0.05, 0.1) is 0 Å². The van der Waals surface area contributed by atoms with Gasteiger partial charge in [0.2, 0.25) is 5.91 Å². The Kier molecular flexibility index (Phi) is 2.87. The van der Waals surface area contributed by atoms with Crippen molar-refractivity contribution < 1.29 is 4.79 Å². The van der Waals surface area contributed by atoms with Crippen LogP contribution in [-0.4, -0.2) is 37.0 Å². The maximum absolute atomic E-state index is 11.7. The van der Waals surface area contributed by atoms with Crippen molar-refractivity contribution in [1.82, 2.24) is 10.2 Å². The number of carbonyl (C=O) groups is 1. The molecule has 0 aromatic rings. The Balaban J connectivity index is 1.83. The van der Waals surface area contributed by atoms with Gasteiger partial charge in [0.1, 0.15) is 0 Å². The van der Waals surface area contributed by atoms with E-state index in [4.69, 9.17) is 0 Å². The van der Waals surface area contributed by atoms with E-state index in [1.165, 1.54) is 0 Å². The predicted molar refractivity (Wildman–Crippen MR) is 55.9 cm³/mol. The Bertz CT molecular complexity index is 227. The maximum atomic E-state index is 11.7. The van der Waals surface area contributed by atoms with Crippen LogP contribution < -0.4 is 5.32 Å². The lowest BCUT2D eigenvalue weighted by atomic mass is 10.0. The fourth-order valence-electron chi connectivity index (χ4n) is 2.44. The number of rotatable bonds is 3. The first-order valence-electron chi connectivity index (χ1n) is 5.40. The first-order chi connectivity index (χ1) is 6.81. The average molecular weight is 194 g/mol. The molecule has 2 rings (SSSR count). The van der Waals surface area contributed by atoms with Crippen LogP contribution in [0.5, 0.6) is 0 Å². The van der Waals surface area contributed by atoms with Gasteiger partial charge in [0.25, 0.3) is 0 Å². The van der Waals surface area contributed by atoms with Crippen molar-refractivity contribution in [3.63, 3.8) is 0 Å². The minimum atomic E-state index is 0.305. The van der Waals surface area contributed by atoms with Crippen LogP contribution in [0.3, 0.4) is 0 Å². The van der Waals surface area contributed by atoms with Crippen molar-refractivity contribution in [3.8, 4) is 0 Å². The first-order valence-corrected chi connectivity index (χ1v) is 5.40. The molecule has 1 N–H and O–H groups in total. The van der Waals surface area contributed by atoms with Crippen molar-refractivity contribution in [2.75, 3.05) is 26.2 Å². The third-order valence-corrected chi connectivity index (χ3v) is 3.30. The zero-order valence-electron chi connectivity index (χ0n) is 8.54. The fourth-order valence-corrected chi connectivity index (χ4v) is 2.44. The molecule has 1 amide bonds. The molecule has 2 aliphatic heterocycles. The zero-order valence-corrected chi connectivity index (χ0v) is 8.54. The van der Waals surface area contributed by atoms with E-state index in [1.807, 2.05) is 11.0 Å². The van der Waals surface area contributed by atoms with Crippen molar-refractivity contribution in [1.29, 1.82) is 0 Å². The van der Waals surface area contributed by atoms with Gasteiger partial charge in [0, 0.05) is 32.6 Å². The van der Waals surface area contributed by atoms with E-state index in [9.17, 15) is 4.79 Å². The van der Waals surface area contributed by atoms with E-state index in [0.717, 1.165) is 32.6 Å². The zero-order chi connectivity index (χ0) is 9.97. The van der Waals surface area contributed by atoms with E-state index >= 15 is 0 Å². The molecule has 0 radical (unpaired) electrons. The Hall–Kier alpha value is -0.830. The number of nitrogens with zero attached hydrogens (tertiary/aromatic N) is 1. The number of allylic oxidation sites excluding steroid dienone is 1. The minimum Gasteiger partial charge on any atom is -0.342 e. The van der Waals surface area contributed by atoms with E-state index in [1.54, 1.807) is 0 Å². The van der Waals surface area contributed by atoms with Gasteiger partial charge in [0.15, 0.2) is 0 Å². The van der Waals surface area contributed by atoms with Gasteiger partial charge in [-0.05, 0) is 18.3 Å². The Morgan fingerprint density at radius 1 is 1.43 bits per heavy atom. The predicted octanol–water partition coefficient (Wildman–Crippen LogP) is 0.630. The Labute approximate surface area is 85.2 Å². The van der Waals surface area contributed by atoms with Crippen molar-refractivity contribution in [2.24, 2.45) is 11.8 Å². The highest BCUT2D eigenvalue weighted by Gasteiger charge is 2.37. The number of hydrogen-bond acceptors (Lipinski definition) is 2. The summed E-state index contributed by atoms with van der Waals surface area (Å²) < 4.78 is 0. The third-order valence-electron chi connectivity index (χ3n) is 3.30. The van der Waals surface area contributed by atoms with Crippen LogP contribution in [-0.2, 0) is 4.79 Å². The van der Waals surface area contributed by atoms with Crippen LogP contribution in [0.15, 0.2) is 12.7 Å². The van der Waals surface area contributed by atoms with Crippen LogP contribution in [0.2, 0.25) is 0 Å². The molecule has 2 saturated heterocycles.